The average Bonchev–Trinajstić information content (AvgIpc) is 2.51. The van der Waals surface area contributed by atoms with Crippen LogP contribution < -0.4 is 0 Å². The fraction of sp³-hybridized carbons (Fsp3) is 0.714. The summed E-state index contributed by atoms with van der Waals surface area (Å²) in [6.07, 6.45) is 0. The Kier molecular flexibility index (Phi) is 4.81. The van der Waals surface area contributed by atoms with E-state index in [1.54, 1.807) is 6.92 Å². The van der Waals surface area contributed by atoms with Crippen LogP contribution in [0.5, 0.6) is 0 Å². The summed E-state index contributed by atoms with van der Waals surface area (Å²) in [4.78, 5) is 0. The lowest BCUT2D eigenvalue weighted by atomic mass is 10.7. The van der Waals surface area contributed by atoms with Crippen LogP contribution in [0.25, 0.3) is 0 Å². The molecule has 1 aromatic heterocycles. The van der Waals surface area contributed by atoms with Crippen LogP contribution in [0.15, 0.2) is 9.64 Å². The van der Waals surface area contributed by atoms with Crippen molar-refractivity contribution in [2.24, 2.45) is 0 Å². The lowest BCUT2D eigenvalue weighted by Crippen LogP contribution is -2.02. The number of hydrogen-bond acceptors (Lipinski definition) is 6. The minimum atomic E-state index is 0.0599. The Morgan fingerprint density at radius 1 is 1.46 bits per heavy atom. The standard InChI is InChI=1S/C7H12N2O3S/c1-6-8-9-7(12-6)13-5-4-11-3-2-10/h10H,2-5H2,1H3. The summed E-state index contributed by atoms with van der Waals surface area (Å²) in [5.74, 6) is 1.32. The van der Waals surface area contributed by atoms with Gasteiger partial charge in [-0.25, -0.2) is 0 Å². The third-order valence-electron chi connectivity index (χ3n) is 1.20. The van der Waals surface area contributed by atoms with Gasteiger partial charge >= 0.3 is 0 Å². The second kappa shape index (κ2) is 5.95. The van der Waals surface area contributed by atoms with Crippen molar-refractivity contribution in [3.63, 3.8) is 0 Å². The molecule has 0 bridgehead atoms. The molecule has 0 atom stereocenters. The lowest BCUT2D eigenvalue weighted by Gasteiger charge is -1.98. The first kappa shape index (κ1) is 10.5. The van der Waals surface area contributed by atoms with Crippen molar-refractivity contribution in [1.82, 2.24) is 10.2 Å². The molecule has 0 unspecified atom stereocenters. The molecule has 1 aromatic rings. The van der Waals surface area contributed by atoms with Gasteiger partial charge in [-0.1, -0.05) is 11.8 Å². The van der Waals surface area contributed by atoms with Crippen molar-refractivity contribution in [2.45, 2.75) is 12.1 Å². The van der Waals surface area contributed by atoms with Gasteiger partial charge in [-0.05, 0) is 0 Å². The number of ether oxygens (including phenoxy) is 1. The van der Waals surface area contributed by atoms with Gasteiger partial charge in [-0.15, -0.1) is 10.2 Å². The van der Waals surface area contributed by atoms with E-state index in [2.05, 4.69) is 10.2 Å². The van der Waals surface area contributed by atoms with Crippen LogP contribution in [0.4, 0.5) is 0 Å². The SMILES string of the molecule is Cc1nnc(SCCOCCO)o1. The molecule has 0 saturated carbocycles. The summed E-state index contributed by atoms with van der Waals surface area (Å²) in [5.41, 5.74) is 0. The van der Waals surface area contributed by atoms with E-state index in [0.29, 0.717) is 24.3 Å². The molecular weight excluding hydrogens is 192 g/mol. The molecule has 0 radical (unpaired) electrons. The van der Waals surface area contributed by atoms with E-state index in [-0.39, 0.29) is 6.61 Å². The van der Waals surface area contributed by atoms with Gasteiger partial charge in [-0.3, -0.25) is 0 Å². The van der Waals surface area contributed by atoms with Gasteiger partial charge in [-0.2, -0.15) is 0 Å². The van der Waals surface area contributed by atoms with Crippen LogP contribution in [0.1, 0.15) is 5.89 Å². The van der Waals surface area contributed by atoms with Gasteiger partial charge in [0.2, 0.25) is 5.89 Å². The lowest BCUT2D eigenvalue weighted by molar-refractivity contribution is 0.103. The molecule has 0 aliphatic heterocycles. The fourth-order valence-electron chi connectivity index (χ4n) is 0.691. The van der Waals surface area contributed by atoms with Crippen LogP contribution in [0.3, 0.4) is 0 Å². The summed E-state index contributed by atoms with van der Waals surface area (Å²) in [5, 5.41) is 16.5. The molecule has 0 aliphatic carbocycles. The van der Waals surface area contributed by atoms with E-state index in [9.17, 15) is 0 Å². The van der Waals surface area contributed by atoms with Gasteiger partial charge in [0.05, 0.1) is 19.8 Å². The number of aromatic nitrogens is 2. The van der Waals surface area contributed by atoms with Crippen LogP contribution in [-0.2, 0) is 4.74 Å². The third-order valence-corrected chi connectivity index (χ3v) is 1.98. The van der Waals surface area contributed by atoms with Crippen molar-refractivity contribution in [1.29, 1.82) is 0 Å². The molecule has 1 heterocycles. The zero-order chi connectivity index (χ0) is 9.52. The summed E-state index contributed by atoms with van der Waals surface area (Å²) < 4.78 is 10.2. The molecule has 13 heavy (non-hydrogen) atoms. The Hall–Kier alpha value is -0.590. The molecule has 0 amide bonds. The predicted octanol–water partition coefficient (Wildman–Crippen LogP) is 0.479. The summed E-state index contributed by atoms with van der Waals surface area (Å²) in [7, 11) is 0. The monoisotopic (exact) mass is 204 g/mol. The molecule has 5 nitrogen and oxygen atoms in total. The Morgan fingerprint density at radius 2 is 2.31 bits per heavy atom. The number of aliphatic hydroxyl groups excluding tert-OH is 1. The predicted molar refractivity (Wildman–Crippen MR) is 47.7 cm³/mol. The highest BCUT2D eigenvalue weighted by Gasteiger charge is 2.01. The minimum absolute atomic E-state index is 0.0599. The maximum absolute atomic E-state index is 8.41. The number of hydrogen-bond donors (Lipinski definition) is 1. The van der Waals surface area contributed by atoms with Gasteiger partial charge in [0, 0.05) is 12.7 Å². The van der Waals surface area contributed by atoms with Crippen LogP contribution >= 0.6 is 11.8 Å². The highest BCUT2D eigenvalue weighted by Crippen LogP contribution is 2.14. The Labute approximate surface area is 80.5 Å². The van der Waals surface area contributed by atoms with Crippen LogP contribution in [0.2, 0.25) is 0 Å². The van der Waals surface area contributed by atoms with Gasteiger partial charge in [0.25, 0.3) is 5.22 Å². The Balaban J connectivity index is 2.06. The highest BCUT2D eigenvalue weighted by molar-refractivity contribution is 7.99. The number of rotatable bonds is 6. The molecule has 0 spiro atoms. The average molecular weight is 204 g/mol. The van der Waals surface area contributed by atoms with Gasteiger partial charge in [0.1, 0.15) is 0 Å². The maximum Gasteiger partial charge on any atom is 0.276 e. The summed E-state index contributed by atoms with van der Waals surface area (Å²) in [6.45, 7) is 2.76. The number of nitrogens with zero attached hydrogens (tertiary/aromatic N) is 2. The first-order chi connectivity index (χ1) is 6.33. The molecule has 74 valence electrons. The Morgan fingerprint density at radius 3 is 2.92 bits per heavy atom. The topological polar surface area (TPSA) is 68.4 Å². The van der Waals surface area contributed by atoms with E-state index in [1.165, 1.54) is 11.8 Å². The third kappa shape index (κ3) is 4.25. The highest BCUT2D eigenvalue weighted by atomic mass is 32.2. The van der Waals surface area contributed by atoms with Crippen molar-refractivity contribution in [2.75, 3.05) is 25.6 Å². The van der Waals surface area contributed by atoms with Crippen LogP contribution in [0, 0.1) is 6.92 Å². The quantitative estimate of drug-likeness (QED) is 0.537. The molecule has 6 heteroatoms. The fourth-order valence-corrected chi connectivity index (χ4v) is 1.35. The molecule has 0 saturated heterocycles. The van der Waals surface area contributed by atoms with Crippen molar-refractivity contribution >= 4 is 11.8 Å². The van der Waals surface area contributed by atoms with Gasteiger partial charge in [0.15, 0.2) is 0 Å². The molecule has 0 aromatic carbocycles. The van der Waals surface area contributed by atoms with Crippen molar-refractivity contribution in [3.8, 4) is 0 Å². The normalized spacial score (nSPS) is 10.6. The second-order valence-electron chi connectivity index (χ2n) is 2.27. The van der Waals surface area contributed by atoms with E-state index in [4.69, 9.17) is 14.3 Å². The van der Waals surface area contributed by atoms with E-state index < -0.39 is 0 Å². The summed E-state index contributed by atoms with van der Waals surface area (Å²) in [6, 6.07) is 0. The molecule has 1 rings (SSSR count). The smallest absolute Gasteiger partial charge is 0.276 e. The first-order valence-electron chi connectivity index (χ1n) is 3.94. The molecular formula is C7H12N2O3S. The zero-order valence-electron chi connectivity index (χ0n) is 7.39. The van der Waals surface area contributed by atoms with E-state index >= 15 is 0 Å². The molecule has 0 fully saturated rings. The number of thioether (sulfide) groups is 1. The summed E-state index contributed by atoms with van der Waals surface area (Å²) >= 11 is 1.44. The Bertz CT molecular complexity index is 241. The second-order valence-corrected chi connectivity index (χ2v) is 3.32. The largest absolute Gasteiger partial charge is 0.416 e. The van der Waals surface area contributed by atoms with Crippen molar-refractivity contribution in [3.05, 3.63) is 5.89 Å². The van der Waals surface area contributed by atoms with E-state index in [0.717, 1.165) is 5.75 Å². The first-order valence-corrected chi connectivity index (χ1v) is 4.93. The minimum Gasteiger partial charge on any atom is -0.416 e. The maximum atomic E-state index is 8.41. The number of aryl methyl sites for hydroxylation is 1. The molecule has 1 N–H and O–H groups in total. The van der Waals surface area contributed by atoms with Gasteiger partial charge < -0.3 is 14.3 Å². The molecule has 0 aliphatic rings. The zero-order valence-corrected chi connectivity index (χ0v) is 8.21. The number of aliphatic hydroxyl groups is 1. The van der Waals surface area contributed by atoms with E-state index in [1.807, 2.05) is 0 Å². The van der Waals surface area contributed by atoms with Crippen LogP contribution in [-0.4, -0.2) is 40.9 Å². The van der Waals surface area contributed by atoms with Crippen molar-refractivity contribution < 1.29 is 14.3 Å².